The number of sulfonamides is 1. The fourth-order valence-electron chi connectivity index (χ4n) is 2.95. The molecule has 1 atom stereocenters. The van der Waals surface area contributed by atoms with E-state index in [1.165, 1.54) is 17.5 Å². The Morgan fingerprint density at radius 3 is 2.54 bits per heavy atom. The van der Waals surface area contributed by atoms with Gasteiger partial charge in [0.15, 0.2) is 0 Å². The van der Waals surface area contributed by atoms with Gasteiger partial charge in [-0.25, -0.2) is 13.9 Å². The van der Waals surface area contributed by atoms with Crippen molar-refractivity contribution in [3.8, 4) is 5.75 Å². The summed E-state index contributed by atoms with van der Waals surface area (Å²) in [6, 6.07) is 12.4. The van der Waals surface area contributed by atoms with E-state index >= 15 is 0 Å². The van der Waals surface area contributed by atoms with Crippen molar-refractivity contribution in [2.75, 3.05) is 11.4 Å². The summed E-state index contributed by atoms with van der Waals surface area (Å²) < 4.78 is 32.5. The van der Waals surface area contributed by atoms with Crippen LogP contribution in [0.1, 0.15) is 18.0 Å². The molecule has 1 aliphatic heterocycles. The van der Waals surface area contributed by atoms with E-state index in [4.69, 9.17) is 9.94 Å². The lowest BCUT2D eigenvalue weighted by Gasteiger charge is -2.25. The Hall–Kier alpha value is -2.58. The lowest BCUT2D eigenvalue weighted by atomic mass is 10.0. The molecule has 0 saturated carbocycles. The van der Waals surface area contributed by atoms with Crippen molar-refractivity contribution in [3.63, 3.8) is 0 Å². The minimum Gasteiger partial charge on any atom is -0.496 e. The highest BCUT2D eigenvalue weighted by Crippen LogP contribution is 2.47. The number of amides is 1. The van der Waals surface area contributed by atoms with Crippen molar-refractivity contribution < 1.29 is 23.2 Å². The molecule has 0 aromatic heterocycles. The molecule has 0 spiro atoms. The second-order valence-electron chi connectivity index (χ2n) is 5.26. The molecular formula is C16H16N2O5S. The molecule has 0 saturated heterocycles. The third-order valence-electron chi connectivity index (χ3n) is 3.91. The molecule has 0 bridgehead atoms. The van der Waals surface area contributed by atoms with E-state index in [0.717, 1.165) is 0 Å². The number of benzene rings is 2. The summed E-state index contributed by atoms with van der Waals surface area (Å²) in [7, 11) is -2.40. The molecular weight excluding hydrogens is 332 g/mol. The van der Waals surface area contributed by atoms with Crippen molar-refractivity contribution in [1.29, 1.82) is 0 Å². The van der Waals surface area contributed by atoms with Gasteiger partial charge in [-0.05, 0) is 24.3 Å². The van der Waals surface area contributed by atoms with Crippen LogP contribution in [0.25, 0.3) is 0 Å². The molecule has 8 heteroatoms. The van der Waals surface area contributed by atoms with Gasteiger partial charge >= 0.3 is 0 Å². The first-order valence-electron chi connectivity index (χ1n) is 7.20. The summed E-state index contributed by atoms with van der Waals surface area (Å²) in [6.45, 7) is 0. The van der Waals surface area contributed by atoms with Crippen LogP contribution in [0, 0.1) is 0 Å². The number of methoxy groups -OCH3 is 1. The van der Waals surface area contributed by atoms with Gasteiger partial charge in [-0.3, -0.25) is 14.3 Å². The van der Waals surface area contributed by atoms with Crippen LogP contribution in [0.3, 0.4) is 0 Å². The minimum absolute atomic E-state index is 0.0986. The third-order valence-corrected chi connectivity index (χ3v) is 5.81. The van der Waals surface area contributed by atoms with Crippen molar-refractivity contribution in [3.05, 3.63) is 54.1 Å². The Bertz CT molecular complexity index is 867. The van der Waals surface area contributed by atoms with Gasteiger partial charge in [0, 0.05) is 5.56 Å². The quantitative estimate of drug-likeness (QED) is 0.649. The van der Waals surface area contributed by atoms with Crippen molar-refractivity contribution >= 4 is 21.6 Å². The van der Waals surface area contributed by atoms with E-state index in [0.29, 0.717) is 17.0 Å². The predicted octanol–water partition coefficient (Wildman–Crippen LogP) is 1.84. The summed E-state index contributed by atoms with van der Waals surface area (Å²) in [5.41, 5.74) is 2.40. The van der Waals surface area contributed by atoms with Crippen LogP contribution in [0.15, 0.2) is 53.4 Å². The molecule has 0 aliphatic carbocycles. The first-order valence-corrected chi connectivity index (χ1v) is 8.64. The summed E-state index contributed by atoms with van der Waals surface area (Å²) in [5, 5.41) is 8.86. The Balaban J connectivity index is 2.23. The molecule has 7 nitrogen and oxygen atoms in total. The summed E-state index contributed by atoms with van der Waals surface area (Å²) in [4.78, 5) is 11.8. The second kappa shape index (κ2) is 6.14. The average Bonchev–Trinajstić information content (AvgIpc) is 2.82. The van der Waals surface area contributed by atoms with E-state index in [1.54, 1.807) is 47.9 Å². The highest BCUT2D eigenvalue weighted by molar-refractivity contribution is 7.93. The monoisotopic (exact) mass is 348 g/mol. The number of hydrogen-bond donors (Lipinski definition) is 2. The molecule has 0 radical (unpaired) electrons. The summed E-state index contributed by atoms with van der Waals surface area (Å²) in [5.74, 6) is -0.305. The fraction of sp³-hybridized carbons (Fsp3) is 0.188. The Morgan fingerprint density at radius 1 is 1.21 bits per heavy atom. The number of nitrogens with zero attached hydrogens (tertiary/aromatic N) is 1. The van der Waals surface area contributed by atoms with Crippen molar-refractivity contribution in [1.82, 2.24) is 5.48 Å². The molecule has 1 heterocycles. The van der Waals surface area contributed by atoms with Gasteiger partial charge in [-0.2, -0.15) is 0 Å². The Kier molecular flexibility index (Phi) is 4.16. The van der Waals surface area contributed by atoms with Crippen molar-refractivity contribution in [2.45, 2.75) is 17.4 Å². The van der Waals surface area contributed by atoms with Crippen LogP contribution in [-0.2, 0) is 14.8 Å². The zero-order valence-electron chi connectivity index (χ0n) is 12.8. The van der Waals surface area contributed by atoms with Gasteiger partial charge in [0.05, 0.1) is 30.2 Å². The topological polar surface area (TPSA) is 95.9 Å². The number of hydroxylamine groups is 1. The van der Waals surface area contributed by atoms with Crippen LogP contribution in [0.5, 0.6) is 5.75 Å². The predicted molar refractivity (Wildman–Crippen MR) is 86.4 cm³/mol. The second-order valence-corrected chi connectivity index (χ2v) is 7.05. The Labute approximate surface area is 139 Å². The van der Waals surface area contributed by atoms with Crippen LogP contribution >= 0.6 is 0 Å². The zero-order chi connectivity index (χ0) is 17.3. The lowest BCUT2D eigenvalue weighted by Crippen LogP contribution is -2.32. The molecule has 126 valence electrons. The number of hydrogen-bond acceptors (Lipinski definition) is 5. The van der Waals surface area contributed by atoms with Crippen molar-refractivity contribution in [2.24, 2.45) is 0 Å². The van der Waals surface area contributed by atoms with Gasteiger partial charge in [0.1, 0.15) is 5.75 Å². The van der Waals surface area contributed by atoms with Crippen LogP contribution in [0.4, 0.5) is 5.69 Å². The SMILES string of the molecule is COc1cccc2c1C(CC(=O)NO)N(c1ccccc1)S2(=O)=O. The smallest absolute Gasteiger partial charge is 0.265 e. The van der Waals surface area contributed by atoms with E-state index in [1.807, 2.05) is 0 Å². The number of rotatable bonds is 4. The van der Waals surface area contributed by atoms with Gasteiger partial charge in [0.2, 0.25) is 5.91 Å². The molecule has 1 aliphatic rings. The normalized spacial score (nSPS) is 18.1. The molecule has 0 fully saturated rings. The van der Waals surface area contributed by atoms with Crippen LogP contribution < -0.4 is 14.5 Å². The summed E-state index contributed by atoms with van der Waals surface area (Å²) >= 11 is 0. The standard InChI is InChI=1S/C16H16N2O5S/c1-23-13-8-5-9-14-16(13)12(10-15(19)17-20)18(24(14,21)22)11-6-3-2-4-7-11/h2-9,12,20H,10H2,1H3,(H,17,19). The number of nitrogens with one attached hydrogen (secondary N) is 1. The van der Waals surface area contributed by atoms with Crippen LogP contribution in [0.2, 0.25) is 0 Å². The molecule has 1 amide bonds. The van der Waals surface area contributed by atoms with Gasteiger partial charge in [0.25, 0.3) is 10.0 Å². The number of anilines is 1. The zero-order valence-corrected chi connectivity index (χ0v) is 13.7. The average molecular weight is 348 g/mol. The highest BCUT2D eigenvalue weighted by Gasteiger charge is 2.45. The molecule has 3 rings (SSSR count). The van der Waals surface area contributed by atoms with Crippen LogP contribution in [-0.4, -0.2) is 26.6 Å². The van der Waals surface area contributed by atoms with E-state index in [-0.39, 0.29) is 11.3 Å². The third kappa shape index (κ3) is 2.49. The number of para-hydroxylation sites is 1. The Morgan fingerprint density at radius 2 is 1.92 bits per heavy atom. The van der Waals surface area contributed by atoms with Gasteiger partial charge in [-0.15, -0.1) is 0 Å². The molecule has 24 heavy (non-hydrogen) atoms. The molecule has 2 N–H and O–H groups in total. The fourth-order valence-corrected chi connectivity index (χ4v) is 4.84. The summed E-state index contributed by atoms with van der Waals surface area (Å²) in [6.07, 6.45) is -0.238. The van der Waals surface area contributed by atoms with E-state index < -0.39 is 22.0 Å². The van der Waals surface area contributed by atoms with E-state index in [9.17, 15) is 13.2 Å². The minimum atomic E-state index is -3.84. The lowest BCUT2D eigenvalue weighted by molar-refractivity contribution is -0.129. The maximum atomic E-state index is 13.0. The van der Waals surface area contributed by atoms with E-state index in [2.05, 4.69) is 0 Å². The number of ether oxygens (including phenoxy) is 1. The largest absolute Gasteiger partial charge is 0.496 e. The molecule has 2 aromatic carbocycles. The number of fused-ring (bicyclic) bond motifs is 1. The number of carbonyl (C=O) groups excluding carboxylic acids is 1. The maximum Gasteiger partial charge on any atom is 0.265 e. The molecule has 1 unspecified atom stereocenters. The first kappa shape index (κ1) is 16.3. The maximum absolute atomic E-state index is 13.0. The first-order chi connectivity index (χ1) is 11.5. The number of carbonyl (C=O) groups is 1. The van der Waals surface area contributed by atoms with Gasteiger partial charge < -0.3 is 4.74 Å². The highest BCUT2D eigenvalue weighted by atomic mass is 32.2. The molecule has 2 aromatic rings. The van der Waals surface area contributed by atoms with Gasteiger partial charge in [-0.1, -0.05) is 24.3 Å².